The highest BCUT2D eigenvalue weighted by atomic mass is 16.1. The van der Waals surface area contributed by atoms with Crippen molar-refractivity contribution in [3.05, 3.63) is 47.3 Å². The standard InChI is InChI=1S/C14H15N5O/c1-9-13-12(18(2)17-9)7-16-19(13)8-10-3-5-11(6-4-10)14(15)20/h3-7H,8H2,1-2H3,(H2,15,20). The number of aromatic nitrogens is 4. The first-order valence-corrected chi connectivity index (χ1v) is 6.30. The Hall–Kier alpha value is -2.63. The van der Waals surface area contributed by atoms with Gasteiger partial charge in [0, 0.05) is 12.6 Å². The van der Waals surface area contributed by atoms with Crippen LogP contribution in [0.5, 0.6) is 0 Å². The lowest BCUT2D eigenvalue weighted by molar-refractivity contribution is 0.100. The normalized spacial score (nSPS) is 11.1. The summed E-state index contributed by atoms with van der Waals surface area (Å²) in [5, 5.41) is 8.78. The maximum Gasteiger partial charge on any atom is 0.248 e. The number of primary amides is 1. The molecule has 0 radical (unpaired) electrons. The molecule has 20 heavy (non-hydrogen) atoms. The molecule has 0 unspecified atom stereocenters. The molecule has 0 spiro atoms. The summed E-state index contributed by atoms with van der Waals surface area (Å²) in [5.74, 6) is -0.416. The van der Waals surface area contributed by atoms with E-state index >= 15 is 0 Å². The second kappa shape index (κ2) is 4.48. The smallest absolute Gasteiger partial charge is 0.248 e. The van der Waals surface area contributed by atoms with E-state index in [2.05, 4.69) is 10.2 Å². The minimum Gasteiger partial charge on any atom is -0.366 e. The Balaban J connectivity index is 1.95. The maximum absolute atomic E-state index is 11.0. The fraction of sp³-hybridized carbons (Fsp3) is 0.214. The minimum atomic E-state index is -0.416. The predicted octanol–water partition coefficient (Wildman–Crippen LogP) is 1.23. The van der Waals surface area contributed by atoms with E-state index in [-0.39, 0.29) is 0 Å². The van der Waals surface area contributed by atoms with Gasteiger partial charge >= 0.3 is 0 Å². The molecule has 0 saturated heterocycles. The van der Waals surface area contributed by atoms with Crippen molar-refractivity contribution in [1.82, 2.24) is 19.6 Å². The van der Waals surface area contributed by atoms with Gasteiger partial charge in [-0.25, -0.2) is 0 Å². The topological polar surface area (TPSA) is 78.7 Å². The van der Waals surface area contributed by atoms with Crippen molar-refractivity contribution in [2.45, 2.75) is 13.5 Å². The van der Waals surface area contributed by atoms with Gasteiger partial charge in [0.1, 0.15) is 11.0 Å². The summed E-state index contributed by atoms with van der Waals surface area (Å²) in [7, 11) is 1.91. The van der Waals surface area contributed by atoms with E-state index in [0.717, 1.165) is 22.3 Å². The van der Waals surface area contributed by atoms with Crippen LogP contribution in [-0.4, -0.2) is 25.5 Å². The Morgan fingerprint density at radius 2 is 2.00 bits per heavy atom. The van der Waals surface area contributed by atoms with Crippen LogP contribution in [-0.2, 0) is 13.6 Å². The van der Waals surface area contributed by atoms with Gasteiger partial charge in [0.2, 0.25) is 5.91 Å². The van der Waals surface area contributed by atoms with Crippen LogP contribution >= 0.6 is 0 Å². The van der Waals surface area contributed by atoms with Gasteiger partial charge in [-0.3, -0.25) is 14.2 Å². The van der Waals surface area contributed by atoms with Crippen LogP contribution in [0.1, 0.15) is 21.6 Å². The molecule has 2 N–H and O–H groups in total. The monoisotopic (exact) mass is 269 g/mol. The van der Waals surface area contributed by atoms with E-state index < -0.39 is 5.91 Å². The van der Waals surface area contributed by atoms with Crippen LogP contribution in [0.15, 0.2) is 30.5 Å². The molecular weight excluding hydrogens is 254 g/mol. The Kier molecular flexibility index (Phi) is 2.78. The fourth-order valence-corrected chi connectivity index (χ4v) is 2.38. The maximum atomic E-state index is 11.0. The third kappa shape index (κ3) is 1.95. The molecule has 0 aliphatic rings. The summed E-state index contributed by atoms with van der Waals surface area (Å²) in [6.45, 7) is 2.60. The molecular formula is C14H15N5O. The zero-order valence-electron chi connectivity index (χ0n) is 11.4. The van der Waals surface area contributed by atoms with Gasteiger partial charge in [0.25, 0.3) is 0 Å². The highest BCUT2D eigenvalue weighted by molar-refractivity contribution is 5.92. The average Bonchev–Trinajstić information content (AvgIpc) is 2.94. The van der Waals surface area contributed by atoms with Gasteiger partial charge in [-0.05, 0) is 24.6 Å². The molecule has 102 valence electrons. The number of carbonyl (C=O) groups is 1. The van der Waals surface area contributed by atoms with Crippen LogP contribution in [0.4, 0.5) is 0 Å². The number of fused-ring (bicyclic) bond motifs is 1. The molecule has 1 aromatic carbocycles. The molecule has 2 aromatic heterocycles. The van der Waals surface area contributed by atoms with Crippen molar-refractivity contribution in [2.75, 3.05) is 0 Å². The first-order valence-electron chi connectivity index (χ1n) is 6.30. The largest absolute Gasteiger partial charge is 0.366 e. The highest BCUT2D eigenvalue weighted by Crippen LogP contribution is 2.18. The molecule has 3 rings (SSSR count). The van der Waals surface area contributed by atoms with Crippen LogP contribution < -0.4 is 5.73 Å². The van der Waals surface area contributed by atoms with Crippen molar-refractivity contribution >= 4 is 16.9 Å². The van der Waals surface area contributed by atoms with Gasteiger partial charge in [-0.1, -0.05) is 12.1 Å². The molecule has 0 bridgehead atoms. The van der Waals surface area contributed by atoms with Gasteiger partial charge in [-0.2, -0.15) is 10.2 Å². The van der Waals surface area contributed by atoms with E-state index in [1.807, 2.05) is 41.7 Å². The molecule has 0 aliphatic carbocycles. The second-order valence-electron chi connectivity index (χ2n) is 4.81. The van der Waals surface area contributed by atoms with Crippen LogP contribution in [0, 0.1) is 6.92 Å². The predicted molar refractivity (Wildman–Crippen MR) is 75.3 cm³/mol. The Bertz CT molecular complexity index is 782. The van der Waals surface area contributed by atoms with Crippen molar-refractivity contribution in [3.63, 3.8) is 0 Å². The number of nitrogens with two attached hydrogens (primary N) is 1. The molecule has 0 aliphatic heterocycles. The number of aryl methyl sites for hydroxylation is 2. The first kappa shape index (κ1) is 12.4. The van der Waals surface area contributed by atoms with E-state index in [1.54, 1.807) is 12.1 Å². The Morgan fingerprint density at radius 3 is 2.65 bits per heavy atom. The number of nitrogens with zero attached hydrogens (tertiary/aromatic N) is 4. The van der Waals surface area contributed by atoms with Crippen molar-refractivity contribution in [2.24, 2.45) is 12.8 Å². The third-order valence-electron chi connectivity index (χ3n) is 3.38. The average molecular weight is 269 g/mol. The molecule has 6 nitrogen and oxygen atoms in total. The molecule has 0 saturated carbocycles. The third-order valence-corrected chi connectivity index (χ3v) is 3.38. The van der Waals surface area contributed by atoms with Crippen molar-refractivity contribution in [3.8, 4) is 0 Å². The van der Waals surface area contributed by atoms with E-state index in [0.29, 0.717) is 12.1 Å². The zero-order chi connectivity index (χ0) is 14.3. The number of rotatable bonds is 3. The lowest BCUT2D eigenvalue weighted by Gasteiger charge is -2.04. The summed E-state index contributed by atoms with van der Waals surface area (Å²) in [6.07, 6.45) is 1.81. The number of carbonyl (C=O) groups excluding carboxylic acids is 1. The van der Waals surface area contributed by atoms with Gasteiger partial charge < -0.3 is 5.73 Å². The molecule has 3 aromatic rings. The SMILES string of the molecule is Cc1nn(C)c2cnn(Cc3ccc(C(N)=O)cc3)c12. The van der Waals surface area contributed by atoms with Crippen LogP contribution in [0.2, 0.25) is 0 Å². The van der Waals surface area contributed by atoms with Crippen molar-refractivity contribution < 1.29 is 4.79 Å². The fourth-order valence-electron chi connectivity index (χ4n) is 2.38. The van der Waals surface area contributed by atoms with Crippen LogP contribution in [0.3, 0.4) is 0 Å². The minimum absolute atomic E-state index is 0.416. The summed E-state index contributed by atoms with van der Waals surface area (Å²) < 4.78 is 3.74. The number of amides is 1. The van der Waals surface area contributed by atoms with Gasteiger partial charge in [0.05, 0.1) is 18.4 Å². The second-order valence-corrected chi connectivity index (χ2v) is 4.81. The highest BCUT2D eigenvalue weighted by Gasteiger charge is 2.11. The number of benzene rings is 1. The zero-order valence-corrected chi connectivity index (χ0v) is 11.4. The Morgan fingerprint density at radius 1 is 1.30 bits per heavy atom. The van der Waals surface area contributed by atoms with E-state index in [4.69, 9.17) is 5.73 Å². The van der Waals surface area contributed by atoms with Gasteiger partial charge in [-0.15, -0.1) is 0 Å². The number of hydrogen-bond acceptors (Lipinski definition) is 3. The van der Waals surface area contributed by atoms with Crippen molar-refractivity contribution in [1.29, 1.82) is 0 Å². The lowest BCUT2D eigenvalue weighted by atomic mass is 10.1. The van der Waals surface area contributed by atoms with Gasteiger partial charge in [0.15, 0.2) is 0 Å². The first-order chi connectivity index (χ1) is 9.56. The molecule has 0 fully saturated rings. The Labute approximate surface area is 115 Å². The lowest BCUT2D eigenvalue weighted by Crippen LogP contribution is -2.11. The summed E-state index contributed by atoms with van der Waals surface area (Å²) in [4.78, 5) is 11.0. The molecule has 6 heteroatoms. The summed E-state index contributed by atoms with van der Waals surface area (Å²) in [5.41, 5.74) is 9.80. The van der Waals surface area contributed by atoms with E-state index in [1.165, 1.54) is 0 Å². The van der Waals surface area contributed by atoms with E-state index in [9.17, 15) is 4.79 Å². The quantitative estimate of drug-likeness (QED) is 0.776. The summed E-state index contributed by atoms with van der Waals surface area (Å²) >= 11 is 0. The molecule has 1 amide bonds. The van der Waals surface area contributed by atoms with Crippen LogP contribution in [0.25, 0.3) is 11.0 Å². The molecule has 2 heterocycles. The molecule has 0 atom stereocenters. The number of hydrogen-bond donors (Lipinski definition) is 1. The summed E-state index contributed by atoms with van der Waals surface area (Å²) in [6, 6.07) is 7.24.